The summed E-state index contributed by atoms with van der Waals surface area (Å²) in [6, 6.07) is 0. The molecule has 0 amide bonds. The van der Waals surface area contributed by atoms with Gasteiger partial charge in [0, 0.05) is 6.42 Å². The van der Waals surface area contributed by atoms with Crippen molar-refractivity contribution in [3.05, 3.63) is 0 Å². The summed E-state index contributed by atoms with van der Waals surface area (Å²) in [7, 11) is 0. The minimum absolute atomic E-state index is 0.0504. The SMILES string of the molecule is CCCC(C)C(=O)OC(C)(C)CCCCC(=O)OC(C)(C)CC. The predicted molar refractivity (Wildman–Crippen MR) is 93.2 cm³/mol. The van der Waals surface area contributed by atoms with Crippen LogP contribution in [0.5, 0.6) is 0 Å². The summed E-state index contributed by atoms with van der Waals surface area (Å²) < 4.78 is 11.0. The summed E-state index contributed by atoms with van der Waals surface area (Å²) >= 11 is 0. The van der Waals surface area contributed by atoms with Crippen LogP contribution in [0, 0.1) is 5.92 Å². The van der Waals surface area contributed by atoms with Crippen LogP contribution in [0.4, 0.5) is 0 Å². The first kappa shape index (κ1) is 21.9. The molecule has 0 aromatic rings. The third-order valence-corrected chi connectivity index (χ3v) is 4.15. The minimum atomic E-state index is -0.480. The summed E-state index contributed by atoms with van der Waals surface area (Å²) in [5.41, 5.74) is -0.868. The fraction of sp³-hybridized carbons (Fsp3) is 0.895. The molecule has 0 saturated heterocycles. The van der Waals surface area contributed by atoms with E-state index in [1.54, 1.807) is 0 Å². The van der Waals surface area contributed by atoms with E-state index in [1.165, 1.54) is 0 Å². The third kappa shape index (κ3) is 10.4. The first-order valence-electron chi connectivity index (χ1n) is 8.97. The van der Waals surface area contributed by atoms with E-state index in [2.05, 4.69) is 6.92 Å². The van der Waals surface area contributed by atoms with Crippen molar-refractivity contribution in [2.75, 3.05) is 0 Å². The van der Waals surface area contributed by atoms with Crippen LogP contribution >= 0.6 is 0 Å². The number of hydrogen-bond donors (Lipinski definition) is 0. The van der Waals surface area contributed by atoms with Crippen molar-refractivity contribution in [2.45, 2.75) is 105 Å². The Hall–Kier alpha value is -1.06. The Morgan fingerprint density at radius 3 is 2.09 bits per heavy atom. The lowest BCUT2D eigenvalue weighted by molar-refractivity contribution is -0.162. The molecule has 1 unspecified atom stereocenters. The van der Waals surface area contributed by atoms with Crippen LogP contribution in [0.3, 0.4) is 0 Å². The van der Waals surface area contributed by atoms with E-state index >= 15 is 0 Å². The molecule has 0 saturated carbocycles. The fourth-order valence-corrected chi connectivity index (χ4v) is 2.23. The number of unbranched alkanes of at least 4 members (excludes halogenated alkanes) is 1. The van der Waals surface area contributed by atoms with E-state index in [1.807, 2.05) is 41.5 Å². The maximum absolute atomic E-state index is 12.0. The number of carbonyl (C=O) groups is 2. The molecular weight excluding hydrogens is 292 g/mol. The lowest BCUT2D eigenvalue weighted by Gasteiger charge is -2.27. The molecule has 4 heteroatoms. The predicted octanol–water partition coefficient (Wildman–Crippen LogP) is 5.04. The van der Waals surface area contributed by atoms with Gasteiger partial charge in [-0.25, -0.2) is 0 Å². The van der Waals surface area contributed by atoms with Crippen molar-refractivity contribution < 1.29 is 19.1 Å². The molecule has 0 aromatic heterocycles. The molecule has 23 heavy (non-hydrogen) atoms. The second-order valence-electron chi connectivity index (χ2n) is 7.66. The van der Waals surface area contributed by atoms with E-state index in [-0.39, 0.29) is 23.5 Å². The number of carbonyl (C=O) groups excluding carboxylic acids is 2. The lowest BCUT2D eigenvalue weighted by atomic mass is 9.99. The highest BCUT2D eigenvalue weighted by molar-refractivity contribution is 5.72. The van der Waals surface area contributed by atoms with Crippen LogP contribution in [0.15, 0.2) is 0 Å². The molecule has 0 heterocycles. The van der Waals surface area contributed by atoms with Gasteiger partial charge in [0.25, 0.3) is 0 Å². The molecule has 0 fully saturated rings. The van der Waals surface area contributed by atoms with E-state index in [0.29, 0.717) is 6.42 Å². The molecule has 0 spiro atoms. The molecule has 0 aliphatic heterocycles. The Balaban J connectivity index is 4.06. The van der Waals surface area contributed by atoms with Gasteiger partial charge in [-0.05, 0) is 59.8 Å². The quantitative estimate of drug-likeness (QED) is 0.394. The van der Waals surface area contributed by atoms with Crippen LogP contribution in [0.2, 0.25) is 0 Å². The highest BCUT2D eigenvalue weighted by Gasteiger charge is 2.25. The Morgan fingerprint density at radius 1 is 0.957 bits per heavy atom. The normalized spacial score (nSPS) is 13.5. The monoisotopic (exact) mass is 328 g/mol. The molecule has 0 bridgehead atoms. The maximum Gasteiger partial charge on any atom is 0.309 e. The van der Waals surface area contributed by atoms with Crippen LogP contribution in [0.1, 0.15) is 93.4 Å². The van der Waals surface area contributed by atoms with Crippen molar-refractivity contribution in [1.82, 2.24) is 0 Å². The highest BCUT2D eigenvalue weighted by Crippen LogP contribution is 2.22. The topological polar surface area (TPSA) is 52.6 Å². The van der Waals surface area contributed by atoms with Crippen molar-refractivity contribution in [1.29, 1.82) is 0 Å². The standard InChI is InChI=1S/C19H36O4/c1-8-12-15(3)17(21)23-19(6,7)14-11-10-13-16(20)22-18(4,5)9-2/h15H,8-14H2,1-7H3. The van der Waals surface area contributed by atoms with Gasteiger partial charge in [-0.3, -0.25) is 9.59 Å². The minimum Gasteiger partial charge on any atom is -0.460 e. The molecule has 1 atom stereocenters. The van der Waals surface area contributed by atoms with Crippen molar-refractivity contribution in [3.8, 4) is 0 Å². The molecule has 0 aliphatic carbocycles. The van der Waals surface area contributed by atoms with Crippen molar-refractivity contribution in [2.24, 2.45) is 5.92 Å². The Labute approximate surface area is 142 Å². The lowest BCUT2D eigenvalue weighted by Crippen LogP contribution is -2.31. The van der Waals surface area contributed by atoms with E-state index in [0.717, 1.165) is 38.5 Å². The molecule has 0 rings (SSSR count). The zero-order valence-electron chi connectivity index (χ0n) is 16.2. The third-order valence-electron chi connectivity index (χ3n) is 4.15. The van der Waals surface area contributed by atoms with Gasteiger partial charge in [-0.2, -0.15) is 0 Å². The van der Waals surface area contributed by atoms with Crippen molar-refractivity contribution in [3.63, 3.8) is 0 Å². The molecule has 0 aliphatic rings. The first-order chi connectivity index (χ1) is 10.5. The van der Waals surface area contributed by atoms with Gasteiger partial charge in [-0.15, -0.1) is 0 Å². The second kappa shape index (κ2) is 9.94. The first-order valence-corrected chi connectivity index (χ1v) is 8.97. The number of ether oxygens (including phenoxy) is 2. The van der Waals surface area contributed by atoms with Crippen LogP contribution < -0.4 is 0 Å². The van der Waals surface area contributed by atoms with Gasteiger partial charge in [0.1, 0.15) is 11.2 Å². The zero-order chi connectivity index (χ0) is 18.1. The van der Waals surface area contributed by atoms with E-state index < -0.39 is 5.60 Å². The molecule has 136 valence electrons. The molecule has 4 nitrogen and oxygen atoms in total. The summed E-state index contributed by atoms with van der Waals surface area (Å²) in [5.74, 6) is -0.324. The Bertz CT molecular complexity index is 372. The van der Waals surface area contributed by atoms with E-state index in [4.69, 9.17) is 9.47 Å². The van der Waals surface area contributed by atoms with Crippen molar-refractivity contribution >= 4 is 11.9 Å². The fourth-order valence-electron chi connectivity index (χ4n) is 2.23. The Morgan fingerprint density at radius 2 is 1.57 bits per heavy atom. The van der Waals surface area contributed by atoms with Gasteiger partial charge in [0.15, 0.2) is 0 Å². The maximum atomic E-state index is 12.0. The molecular formula is C19H36O4. The summed E-state index contributed by atoms with van der Waals surface area (Å²) in [6.07, 6.45) is 5.40. The number of hydrogen-bond acceptors (Lipinski definition) is 4. The summed E-state index contributed by atoms with van der Waals surface area (Å²) in [6.45, 7) is 13.7. The van der Waals surface area contributed by atoms with Gasteiger partial charge >= 0.3 is 11.9 Å². The van der Waals surface area contributed by atoms with Crippen LogP contribution in [-0.2, 0) is 19.1 Å². The number of rotatable bonds is 11. The summed E-state index contributed by atoms with van der Waals surface area (Å²) in [5, 5.41) is 0. The van der Waals surface area contributed by atoms with Crippen LogP contribution in [-0.4, -0.2) is 23.1 Å². The smallest absolute Gasteiger partial charge is 0.309 e. The molecule has 0 radical (unpaired) electrons. The van der Waals surface area contributed by atoms with Gasteiger partial charge in [-0.1, -0.05) is 27.2 Å². The van der Waals surface area contributed by atoms with Crippen LogP contribution in [0.25, 0.3) is 0 Å². The Kier molecular flexibility index (Phi) is 9.48. The van der Waals surface area contributed by atoms with Gasteiger partial charge < -0.3 is 9.47 Å². The van der Waals surface area contributed by atoms with E-state index in [9.17, 15) is 9.59 Å². The van der Waals surface area contributed by atoms with Gasteiger partial charge in [0.2, 0.25) is 0 Å². The average molecular weight is 328 g/mol. The molecule has 0 N–H and O–H groups in total. The zero-order valence-corrected chi connectivity index (χ0v) is 16.2. The second-order valence-corrected chi connectivity index (χ2v) is 7.66. The number of esters is 2. The van der Waals surface area contributed by atoms with Gasteiger partial charge in [0.05, 0.1) is 5.92 Å². The highest BCUT2D eigenvalue weighted by atomic mass is 16.6. The summed E-state index contributed by atoms with van der Waals surface area (Å²) in [4.78, 5) is 23.8. The average Bonchev–Trinajstić information content (AvgIpc) is 2.43. The molecule has 0 aromatic carbocycles. The largest absolute Gasteiger partial charge is 0.460 e.